The van der Waals surface area contributed by atoms with Gasteiger partial charge < -0.3 is 43.6 Å². The number of cyclic esters (lactones) is 2. The number of nitrogens with one attached hydrogen (secondary N) is 1. The van der Waals surface area contributed by atoms with Crippen molar-refractivity contribution in [3.63, 3.8) is 0 Å². The van der Waals surface area contributed by atoms with Crippen molar-refractivity contribution >= 4 is 17.7 Å². The Morgan fingerprint density at radius 1 is 0.984 bits per heavy atom. The summed E-state index contributed by atoms with van der Waals surface area (Å²) in [6, 6.07) is 2.37. The molecule has 1 aromatic rings. The molecule has 5 aliphatic carbocycles. The number of aliphatic hydroxyl groups excluding tert-OH is 3. The van der Waals surface area contributed by atoms with Gasteiger partial charge in [0.2, 0.25) is 0 Å². The summed E-state index contributed by atoms with van der Waals surface area (Å²) in [6.07, 6.45) is 11.1. The number of carbonyl (C=O) groups is 3. The summed E-state index contributed by atoms with van der Waals surface area (Å²) in [6.45, 7) is 7.56. The molecule has 5 saturated heterocycles. The number of epoxide rings is 1. The highest BCUT2D eigenvalue weighted by Crippen LogP contribution is 2.84. The summed E-state index contributed by atoms with van der Waals surface area (Å²) < 4.78 is 33.2. The van der Waals surface area contributed by atoms with Gasteiger partial charge in [-0.2, -0.15) is 0 Å². The third-order valence-electron chi connectivity index (χ3n) is 19.7. The number of rotatable bonds is 7. The number of ether oxygens (including phenoxy) is 4. The lowest BCUT2D eigenvalue weighted by molar-refractivity contribution is -0.289. The zero-order valence-electron chi connectivity index (χ0n) is 35.8. The lowest BCUT2D eigenvalue weighted by atomic mass is 9.31. The highest BCUT2D eigenvalue weighted by molar-refractivity contribution is 5.92. The summed E-state index contributed by atoms with van der Waals surface area (Å²) in [4.78, 5) is 46.3. The lowest BCUT2D eigenvalue weighted by Crippen LogP contribution is -2.80. The number of aliphatic hydroxyl groups is 3. The average Bonchev–Trinajstić information content (AvgIpc) is 3.50. The van der Waals surface area contributed by atoms with Crippen LogP contribution in [0.5, 0.6) is 0 Å². The van der Waals surface area contributed by atoms with Crippen molar-refractivity contribution in [2.75, 3.05) is 26.4 Å². The average molecular weight is 845 g/mol. The molecule has 6 aliphatic heterocycles. The first-order valence-electron chi connectivity index (χ1n) is 23.8. The summed E-state index contributed by atoms with van der Waals surface area (Å²) in [5.74, 6) is -1.37. The summed E-state index contributed by atoms with van der Waals surface area (Å²) in [5, 5.41) is 38.9. The van der Waals surface area contributed by atoms with Gasteiger partial charge in [0, 0.05) is 40.8 Å². The fraction of sp³-hybridized carbons (Fsp3) is 0.812. The zero-order valence-corrected chi connectivity index (χ0v) is 35.8. The number of furan rings is 1. The Hall–Kier alpha value is -2.81. The first kappa shape index (κ1) is 39.8. The predicted molar refractivity (Wildman–Crippen MR) is 216 cm³/mol. The highest BCUT2D eigenvalue weighted by Gasteiger charge is 2.94. The maximum Gasteiger partial charge on any atom is 0.339 e. The highest BCUT2D eigenvalue weighted by atomic mass is 16.7. The predicted octanol–water partition coefficient (Wildman–Crippen LogP) is 4.22. The molecule has 7 heterocycles. The molecule has 1 aromatic heterocycles. The van der Waals surface area contributed by atoms with Crippen molar-refractivity contribution in [3.05, 3.63) is 35.9 Å². The fourth-order valence-electron chi connectivity index (χ4n) is 17.9. The molecule has 0 amide bonds. The number of hydrogen-bond acceptors (Lipinski definition) is 13. The first-order valence-corrected chi connectivity index (χ1v) is 23.8. The van der Waals surface area contributed by atoms with Gasteiger partial charge in [0.25, 0.3) is 0 Å². The van der Waals surface area contributed by atoms with Crippen LogP contribution in [-0.2, 0) is 39.8 Å². The molecule has 13 nitrogen and oxygen atoms in total. The molecular weight excluding hydrogens is 781 g/mol. The number of ketones is 1. The van der Waals surface area contributed by atoms with Crippen molar-refractivity contribution < 1.29 is 53.1 Å². The van der Waals surface area contributed by atoms with E-state index >= 15 is 4.79 Å². The smallest absolute Gasteiger partial charge is 0.339 e. The molecule has 0 radical (unpaired) electrons. The van der Waals surface area contributed by atoms with Gasteiger partial charge in [-0.05, 0) is 119 Å². The molecule has 18 atom stereocenters. The van der Waals surface area contributed by atoms with E-state index in [1.165, 1.54) is 0 Å². The minimum absolute atomic E-state index is 0.0509. The second-order valence-corrected chi connectivity index (χ2v) is 22.3. The van der Waals surface area contributed by atoms with E-state index in [-0.39, 0.29) is 54.6 Å². The minimum Gasteiger partial charge on any atom is -0.469 e. The second kappa shape index (κ2) is 13.4. The molecular formula is C48H64N2O11. The summed E-state index contributed by atoms with van der Waals surface area (Å²) >= 11 is 0. The number of esters is 2. The normalized spacial score (nSPS) is 49.9. The molecule has 10 fully saturated rings. The van der Waals surface area contributed by atoms with Gasteiger partial charge in [-0.3, -0.25) is 14.9 Å². The van der Waals surface area contributed by atoms with Gasteiger partial charge in [0.1, 0.15) is 30.2 Å². The molecule has 12 rings (SSSR count). The first-order chi connectivity index (χ1) is 29.3. The summed E-state index contributed by atoms with van der Waals surface area (Å²) in [7, 11) is 0. The van der Waals surface area contributed by atoms with Gasteiger partial charge in [-0.1, -0.05) is 32.3 Å². The van der Waals surface area contributed by atoms with E-state index in [9.17, 15) is 24.9 Å². The molecule has 332 valence electrons. The van der Waals surface area contributed by atoms with Crippen LogP contribution in [0.4, 0.5) is 0 Å². The number of nitrogens with zero attached hydrogens (tertiary/aromatic N) is 1. The van der Waals surface area contributed by atoms with Crippen LogP contribution in [0.2, 0.25) is 0 Å². The number of Topliss-reactive ketones (excluding diaryl/α,β-unsaturated/α-hetero) is 1. The standard InChI is InChI=1S/C48H64N2O11/c1-44(2)37-35(53)38(54)47(27-7-5-4-6-8-27)36-26(10-12-30-40(60-44)46(36,37)22-58-42(30)55)19-45(3)39(59-43(56)41-48(45,47)61-41)29-14-16-57-34(29)18-31(33(52)21-51)24-9-11-28-25(17-24)13-15-50-23-49-20-32(28)50/h13-16,24-28,30-33,36-41,49,51-52,54H,4-12,17-23H2,1-3H3. The van der Waals surface area contributed by atoms with Crippen LogP contribution >= 0.6 is 0 Å². The van der Waals surface area contributed by atoms with E-state index in [4.69, 9.17) is 23.4 Å². The monoisotopic (exact) mass is 844 g/mol. The Kier molecular flexibility index (Phi) is 8.72. The zero-order chi connectivity index (χ0) is 42.0. The molecule has 4 N–H and O–H groups in total. The van der Waals surface area contributed by atoms with Crippen LogP contribution < -0.4 is 5.32 Å². The van der Waals surface area contributed by atoms with E-state index in [1.807, 2.05) is 19.9 Å². The van der Waals surface area contributed by atoms with Crippen molar-refractivity contribution in [2.45, 2.75) is 146 Å². The second-order valence-electron chi connectivity index (χ2n) is 22.3. The largest absolute Gasteiger partial charge is 0.469 e. The van der Waals surface area contributed by atoms with Crippen molar-refractivity contribution in [1.29, 1.82) is 0 Å². The molecule has 5 saturated carbocycles. The number of allylic oxidation sites excluding steroid dienone is 1. The Labute approximate surface area is 357 Å². The van der Waals surface area contributed by atoms with Crippen LogP contribution in [0, 0.1) is 69.5 Å². The van der Waals surface area contributed by atoms with Gasteiger partial charge in [0.15, 0.2) is 11.9 Å². The quantitative estimate of drug-likeness (QED) is 0.227. The molecule has 11 aliphatic rings. The Morgan fingerprint density at radius 3 is 2.61 bits per heavy atom. The van der Waals surface area contributed by atoms with Crippen molar-refractivity contribution in [2.24, 2.45) is 69.5 Å². The number of carbonyl (C=O) groups excluding carboxylic acids is 3. The molecule has 2 spiro atoms. The Balaban J connectivity index is 0.968. The van der Waals surface area contributed by atoms with Gasteiger partial charge in [0.05, 0.1) is 49.2 Å². The molecule has 61 heavy (non-hydrogen) atoms. The Bertz CT molecular complexity index is 2030. The van der Waals surface area contributed by atoms with E-state index in [0.29, 0.717) is 49.3 Å². The van der Waals surface area contributed by atoms with Crippen LogP contribution in [0.1, 0.15) is 109 Å². The minimum atomic E-state index is -1.42. The van der Waals surface area contributed by atoms with E-state index in [0.717, 1.165) is 70.1 Å². The van der Waals surface area contributed by atoms with Crippen LogP contribution in [-0.4, -0.2) is 106 Å². The Morgan fingerprint density at radius 2 is 1.80 bits per heavy atom. The fourth-order valence-corrected chi connectivity index (χ4v) is 17.9. The third kappa shape index (κ3) is 4.87. The van der Waals surface area contributed by atoms with E-state index in [1.54, 1.807) is 6.26 Å². The van der Waals surface area contributed by atoms with Gasteiger partial charge in [-0.25, -0.2) is 4.79 Å². The number of fused-ring (bicyclic) bond motifs is 3. The van der Waals surface area contributed by atoms with E-state index in [2.05, 4.69) is 29.4 Å². The third-order valence-corrected chi connectivity index (χ3v) is 19.7. The lowest BCUT2D eigenvalue weighted by Gasteiger charge is -2.71. The van der Waals surface area contributed by atoms with Crippen LogP contribution in [0.3, 0.4) is 0 Å². The van der Waals surface area contributed by atoms with Crippen LogP contribution in [0.15, 0.2) is 29.0 Å². The number of hydrogen-bond donors (Lipinski definition) is 4. The van der Waals surface area contributed by atoms with Gasteiger partial charge >= 0.3 is 11.9 Å². The van der Waals surface area contributed by atoms with Crippen molar-refractivity contribution in [3.8, 4) is 0 Å². The van der Waals surface area contributed by atoms with Crippen molar-refractivity contribution in [1.82, 2.24) is 10.2 Å². The van der Waals surface area contributed by atoms with Gasteiger partial charge in [-0.15, -0.1) is 0 Å². The molecule has 0 aromatic carbocycles. The molecule has 18 unspecified atom stereocenters. The SMILES string of the molecule is CC1(C)OC2C3CCC4CC5(C)C(c6ccoc6CC(C(O)CO)C6CCC7C(C=CN8CNCC78)C6)OC(=O)C6OC65C5(C6CCCCC6)C(O)C(=O)C1C2(COC3=O)C45. The van der Waals surface area contributed by atoms with E-state index < -0.39 is 75.8 Å². The summed E-state index contributed by atoms with van der Waals surface area (Å²) in [5.41, 5.74) is -4.42. The maximum atomic E-state index is 15.5. The molecule has 2 bridgehead atoms. The maximum absolute atomic E-state index is 15.5. The van der Waals surface area contributed by atoms with Crippen LogP contribution in [0.25, 0.3) is 0 Å². The molecule has 13 heteroatoms. The topological polar surface area (TPSA) is 181 Å².